The number of likely N-dealkylation sites (tertiary alicyclic amines) is 1. The maximum Gasteiger partial charge on any atom is 0.242 e. The van der Waals surface area contributed by atoms with Crippen LogP contribution in [0.25, 0.3) is 0 Å². The van der Waals surface area contributed by atoms with E-state index in [0.717, 1.165) is 12.8 Å². The second-order valence-electron chi connectivity index (χ2n) is 5.68. The number of nitrogens with zero attached hydrogens (tertiary/aromatic N) is 1. The molecule has 19 heavy (non-hydrogen) atoms. The molecule has 1 heterocycles. The molecule has 0 aromatic rings. The summed E-state index contributed by atoms with van der Waals surface area (Å²) in [5.74, 6) is -0.732. The number of imide groups is 1. The van der Waals surface area contributed by atoms with Crippen molar-refractivity contribution >= 4 is 17.7 Å². The summed E-state index contributed by atoms with van der Waals surface area (Å²) >= 11 is 0. The maximum atomic E-state index is 12.5. The summed E-state index contributed by atoms with van der Waals surface area (Å²) in [6.07, 6.45) is 6.11. The van der Waals surface area contributed by atoms with Crippen molar-refractivity contribution in [1.29, 1.82) is 0 Å². The van der Waals surface area contributed by atoms with Gasteiger partial charge in [-0.3, -0.25) is 19.3 Å². The smallest absolute Gasteiger partial charge is 0.242 e. The number of nitrogens with one attached hydrogen (secondary N) is 1. The first-order chi connectivity index (χ1) is 9.06. The number of amides is 3. The minimum absolute atomic E-state index is 0.162. The SMILES string of the molecule is CNC(=O)[C@H](C)N1C(=O)[C@@H]2[C@H](C1=O)[C@H]1C=C[C@H]2CC1. The Morgan fingerprint density at radius 1 is 1.21 bits per heavy atom. The van der Waals surface area contributed by atoms with Crippen molar-refractivity contribution in [2.45, 2.75) is 25.8 Å². The highest BCUT2D eigenvalue weighted by molar-refractivity contribution is 6.08. The summed E-state index contributed by atoms with van der Waals surface area (Å²) in [6.45, 7) is 1.61. The van der Waals surface area contributed by atoms with Crippen LogP contribution in [-0.2, 0) is 14.4 Å². The molecular weight excluding hydrogens is 244 g/mol. The molecule has 1 saturated carbocycles. The van der Waals surface area contributed by atoms with Gasteiger partial charge >= 0.3 is 0 Å². The van der Waals surface area contributed by atoms with Crippen LogP contribution in [0, 0.1) is 23.7 Å². The molecule has 0 aromatic carbocycles. The van der Waals surface area contributed by atoms with Gasteiger partial charge < -0.3 is 5.32 Å². The molecule has 0 aromatic heterocycles. The standard InChI is InChI=1S/C14H18N2O3/c1-7(12(17)15-2)16-13(18)10-8-3-4-9(6-5-8)11(10)14(16)19/h3-4,7-11H,5-6H2,1-2H3,(H,15,17)/t7-,8-,9-,10-,11+/m0/s1. The molecule has 1 N–H and O–H groups in total. The maximum absolute atomic E-state index is 12.5. The number of hydrogen-bond acceptors (Lipinski definition) is 3. The average Bonchev–Trinajstić information content (AvgIpc) is 2.73. The quantitative estimate of drug-likeness (QED) is 0.575. The van der Waals surface area contributed by atoms with Crippen molar-refractivity contribution in [3.05, 3.63) is 12.2 Å². The van der Waals surface area contributed by atoms with Crippen LogP contribution in [0.4, 0.5) is 0 Å². The van der Waals surface area contributed by atoms with Crippen LogP contribution < -0.4 is 5.32 Å². The van der Waals surface area contributed by atoms with Crippen molar-refractivity contribution in [2.75, 3.05) is 7.05 Å². The van der Waals surface area contributed by atoms with Gasteiger partial charge in [-0.25, -0.2) is 0 Å². The average molecular weight is 262 g/mol. The van der Waals surface area contributed by atoms with Gasteiger partial charge in [0, 0.05) is 7.05 Å². The third kappa shape index (κ3) is 1.57. The number of rotatable bonds is 2. The second-order valence-corrected chi connectivity index (χ2v) is 5.68. The van der Waals surface area contributed by atoms with Crippen LogP contribution in [0.15, 0.2) is 12.2 Å². The third-order valence-electron chi connectivity index (χ3n) is 4.81. The zero-order valence-electron chi connectivity index (χ0n) is 11.1. The highest BCUT2D eigenvalue weighted by atomic mass is 16.2. The predicted octanol–water partition coefficient (Wildman–Crippen LogP) is 0.318. The topological polar surface area (TPSA) is 66.5 Å². The molecule has 2 bridgehead atoms. The van der Waals surface area contributed by atoms with E-state index in [1.165, 1.54) is 11.9 Å². The number of carbonyl (C=O) groups excluding carboxylic acids is 3. The predicted molar refractivity (Wildman–Crippen MR) is 67.7 cm³/mol. The highest BCUT2D eigenvalue weighted by Crippen LogP contribution is 2.49. The van der Waals surface area contributed by atoms with Gasteiger partial charge in [-0.15, -0.1) is 0 Å². The Hall–Kier alpha value is -1.65. The molecule has 5 nitrogen and oxygen atoms in total. The van der Waals surface area contributed by atoms with E-state index in [1.807, 2.05) is 0 Å². The van der Waals surface area contributed by atoms with E-state index >= 15 is 0 Å². The Kier molecular flexibility index (Phi) is 2.73. The van der Waals surface area contributed by atoms with Crippen LogP contribution >= 0.6 is 0 Å². The van der Waals surface area contributed by atoms with E-state index in [9.17, 15) is 14.4 Å². The zero-order chi connectivity index (χ0) is 13.7. The molecule has 5 heteroatoms. The summed E-state index contributed by atoms with van der Waals surface area (Å²) in [7, 11) is 1.52. The van der Waals surface area contributed by atoms with Gasteiger partial charge in [0.2, 0.25) is 17.7 Å². The summed E-state index contributed by atoms with van der Waals surface area (Å²) < 4.78 is 0. The van der Waals surface area contributed by atoms with Crippen molar-refractivity contribution < 1.29 is 14.4 Å². The second kappa shape index (κ2) is 4.18. The molecule has 102 valence electrons. The lowest BCUT2D eigenvalue weighted by Crippen LogP contribution is -2.47. The lowest BCUT2D eigenvalue weighted by Gasteiger charge is -2.38. The van der Waals surface area contributed by atoms with Crippen LogP contribution in [-0.4, -0.2) is 35.7 Å². The fourth-order valence-electron chi connectivity index (χ4n) is 3.81. The van der Waals surface area contributed by atoms with E-state index in [0.29, 0.717) is 0 Å². The molecule has 0 spiro atoms. The van der Waals surface area contributed by atoms with Gasteiger partial charge in [0.05, 0.1) is 11.8 Å². The first-order valence-electron chi connectivity index (χ1n) is 6.83. The molecule has 3 aliphatic carbocycles. The zero-order valence-corrected chi connectivity index (χ0v) is 11.1. The molecule has 0 radical (unpaired) electrons. The first-order valence-corrected chi connectivity index (χ1v) is 6.83. The molecule has 4 aliphatic rings. The van der Waals surface area contributed by atoms with E-state index in [-0.39, 0.29) is 41.4 Å². The molecule has 3 amide bonds. The van der Waals surface area contributed by atoms with Gasteiger partial charge in [-0.05, 0) is 31.6 Å². The van der Waals surface area contributed by atoms with E-state index in [1.54, 1.807) is 6.92 Å². The van der Waals surface area contributed by atoms with Crippen molar-refractivity contribution in [3.63, 3.8) is 0 Å². The van der Waals surface area contributed by atoms with Gasteiger partial charge in [0.25, 0.3) is 0 Å². The van der Waals surface area contributed by atoms with E-state index in [2.05, 4.69) is 17.5 Å². The Balaban J connectivity index is 1.93. The van der Waals surface area contributed by atoms with Gasteiger partial charge in [-0.2, -0.15) is 0 Å². The van der Waals surface area contributed by atoms with Crippen LogP contribution in [0.3, 0.4) is 0 Å². The molecule has 0 unspecified atom stereocenters. The minimum Gasteiger partial charge on any atom is -0.357 e. The largest absolute Gasteiger partial charge is 0.357 e. The van der Waals surface area contributed by atoms with Crippen LogP contribution in [0.5, 0.6) is 0 Å². The lowest BCUT2D eigenvalue weighted by atomic mass is 9.63. The Morgan fingerprint density at radius 2 is 1.68 bits per heavy atom. The first kappa shape index (κ1) is 12.4. The molecule has 2 fully saturated rings. The number of allylic oxidation sites excluding steroid dienone is 2. The summed E-state index contributed by atoms with van der Waals surface area (Å²) in [5.41, 5.74) is 0. The van der Waals surface area contributed by atoms with Crippen molar-refractivity contribution in [3.8, 4) is 0 Å². The molecular formula is C14H18N2O3. The number of carbonyl (C=O) groups is 3. The molecule has 1 aliphatic heterocycles. The number of fused-ring (bicyclic) bond motifs is 1. The van der Waals surface area contributed by atoms with E-state index in [4.69, 9.17) is 0 Å². The van der Waals surface area contributed by atoms with Gasteiger partial charge in [0.15, 0.2) is 0 Å². The lowest BCUT2D eigenvalue weighted by molar-refractivity contribution is -0.147. The summed E-state index contributed by atoms with van der Waals surface area (Å²) in [6, 6.07) is -0.713. The Labute approximate surface area is 112 Å². The molecule has 4 rings (SSSR count). The summed E-state index contributed by atoms with van der Waals surface area (Å²) in [4.78, 5) is 37.9. The van der Waals surface area contributed by atoms with Crippen LogP contribution in [0.2, 0.25) is 0 Å². The fraction of sp³-hybridized carbons (Fsp3) is 0.643. The monoisotopic (exact) mass is 262 g/mol. The normalized spacial score (nSPS) is 37.5. The Morgan fingerprint density at radius 3 is 2.05 bits per heavy atom. The summed E-state index contributed by atoms with van der Waals surface area (Å²) in [5, 5.41) is 2.50. The molecule has 5 atom stereocenters. The van der Waals surface area contributed by atoms with Gasteiger partial charge in [0.1, 0.15) is 6.04 Å². The third-order valence-corrected chi connectivity index (χ3v) is 4.81. The van der Waals surface area contributed by atoms with Crippen molar-refractivity contribution in [2.24, 2.45) is 23.7 Å². The van der Waals surface area contributed by atoms with Crippen LogP contribution in [0.1, 0.15) is 19.8 Å². The number of likely N-dealkylation sites (N-methyl/N-ethyl adjacent to an activating group) is 1. The van der Waals surface area contributed by atoms with E-state index < -0.39 is 6.04 Å². The fourth-order valence-corrected chi connectivity index (χ4v) is 3.81. The van der Waals surface area contributed by atoms with Crippen molar-refractivity contribution in [1.82, 2.24) is 10.2 Å². The minimum atomic E-state index is -0.713. The van der Waals surface area contributed by atoms with Gasteiger partial charge in [-0.1, -0.05) is 12.2 Å². The number of hydrogen-bond donors (Lipinski definition) is 1. The highest BCUT2D eigenvalue weighted by Gasteiger charge is 2.57. The molecule has 1 saturated heterocycles. The Bertz CT molecular complexity index is 453.